The zero-order valence-corrected chi connectivity index (χ0v) is 20.2. The van der Waals surface area contributed by atoms with Gasteiger partial charge in [0, 0.05) is 30.3 Å². The van der Waals surface area contributed by atoms with Crippen LogP contribution in [0.5, 0.6) is 5.75 Å². The number of carboxylic acid groups (broad SMARTS) is 1. The molecule has 1 aromatic heterocycles. The first-order valence-corrected chi connectivity index (χ1v) is 10.5. The van der Waals surface area contributed by atoms with E-state index in [4.69, 9.17) is 25.7 Å². The molecule has 8 nitrogen and oxygen atoms in total. The first kappa shape index (κ1) is 27.0. The molecule has 0 aliphatic carbocycles. The van der Waals surface area contributed by atoms with Gasteiger partial charge in [-0.25, -0.2) is 0 Å². The van der Waals surface area contributed by atoms with Gasteiger partial charge in [-0.3, -0.25) is 15.6 Å². The van der Waals surface area contributed by atoms with Gasteiger partial charge >= 0.3 is 5.97 Å². The Morgan fingerprint density at radius 3 is 2.50 bits per heavy atom. The maximum Gasteiger partial charge on any atom is 0.311 e. The topological polar surface area (TPSA) is 137 Å². The van der Waals surface area contributed by atoms with Crippen molar-refractivity contribution in [1.29, 1.82) is 10.8 Å². The van der Waals surface area contributed by atoms with Crippen LogP contribution in [0.3, 0.4) is 0 Å². The average molecular weight is 507 g/mol. The van der Waals surface area contributed by atoms with Crippen molar-refractivity contribution in [3.05, 3.63) is 65.4 Å². The van der Waals surface area contributed by atoms with E-state index in [0.717, 1.165) is 18.4 Å². The van der Waals surface area contributed by atoms with E-state index < -0.39 is 11.9 Å². The first-order chi connectivity index (χ1) is 15.3. The van der Waals surface area contributed by atoms with E-state index in [-0.39, 0.29) is 43.2 Å². The Labute approximate surface area is 209 Å². The van der Waals surface area contributed by atoms with E-state index in [1.54, 1.807) is 43.3 Å². The van der Waals surface area contributed by atoms with Crippen LogP contribution < -0.4 is 10.5 Å². The Hall–Kier alpha value is -3.23. The predicted molar refractivity (Wildman–Crippen MR) is 136 cm³/mol. The number of hydrogen-bond donors (Lipinski definition) is 4. The Morgan fingerprint density at radius 1 is 1.21 bits per heavy atom. The van der Waals surface area contributed by atoms with Crippen LogP contribution in [0.4, 0.5) is 0 Å². The van der Waals surface area contributed by atoms with Crippen molar-refractivity contribution in [2.24, 2.45) is 5.73 Å². The molecule has 0 saturated carbocycles. The van der Waals surface area contributed by atoms with Gasteiger partial charge in [0.05, 0.1) is 18.3 Å². The fourth-order valence-electron chi connectivity index (χ4n) is 4.00. The molecule has 0 amide bonds. The zero-order chi connectivity index (χ0) is 22.8. The van der Waals surface area contributed by atoms with Crippen molar-refractivity contribution in [1.82, 2.24) is 4.90 Å². The van der Waals surface area contributed by atoms with Gasteiger partial charge in [0.25, 0.3) is 0 Å². The maximum atomic E-state index is 12.0. The fourth-order valence-corrected chi connectivity index (χ4v) is 4.00. The SMILES string of the molecule is CC(=N)N1CC[C@H](Oc2ccc(C(Cc3cc4ccc(C(=N)N)cc4o3)C(=O)O)cc2)C1.Cl.Cl. The summed E-state index contributed by atoms with van der Waals surface area (Å²) in [4.78, 5) is 14.0. The summed E-state index contributed by atoms with van der Waals surface area (Å²) in [5, 5.41) is 25.9. The van der Waals surface area contributed by atoms with Crippen molar-refractivity contribution < 1.29 is 19.1 Å². The molecular formula is C24H28Cl2N4O4. The molecule has 1 unspecified atom stereocenters. The van der Waals surface area contributed by atoms with Crippen LogP contribution in [0.15, 0.2) is 52.9 Å². The number of aliphatic carboxylic acids is 1. The second-order valence-electron chi connectivity index (χ2n) is 8.10. The predicted octanol–water partition coefficient (Wildman–Crippen LogP) is 4.42. The molecule has 34 heavy (non-hydrogen) atoms. The van der Waals surface area contributed by atoms with Crippen molar-refractivity contribution in [3.63, 3.8) is 0 Å². The number of carboxylic acids is 1. The van der Waals surface area contributed by atoms with Crippen LogP contribution in [-0.4, -0.2) is 46.8 Å². The van der Waals surface area contributed by atoms with Gasteiger partial charge in [0.2, 0.25) is 0 Å². The van der Waals surface area contributed by atoms with Gasteiger partial charge in [-0.05, 0) is 36.8 Å². The maximum absolute atomic E-state index is 12.0. The summed E-state index contributed by atoms with van der Waals surface area (Å²) < 4.78 is 11.8. The lowest BCUT2D eigenvalue weighted by Gasteiger charge is -2.18. The molecule has 0 radical (unpaired) electrons. The first-order valence-electron chi connectivity index (χ1n) is 10.5. The third-order valence-electron chi connectivity index (χ3n) is 5.79. The lowest BCUT2D eigenvalue weighted by molar-refractivity contribution is -0.138. The van der Waals surface area contributed by atoms with Gasteiger partial charge in [-0.1, -0.05) is 24.3 Å². The minimum absolute atomic E-state index is 0. The molecule has 0 bridgehead atoms. The second-order valence-corrected chi connectivity index (χ2v) is 8.10. The van der Waals surface area contributed by atoms with E-state index in [0.29, 0.717) is 40.6 Å². The van der Waals surface area contributed by atoms with Crippen LogP contribution >= 0.6 is 24.8 Å². The molecule has 182 valence electrons. The zero-order valence-electron chi connectivity index (χ0n) is 18.6. The molecular weight excluding hydrogens is 479 g/mol. The number of benzene rings is 2. The van der Waals surface area contributed by atoms with E-state index in [1.807, 2.05) is 17.0 Å². The average Bonchev–Trinajstić information content (AvgIpc) is 3.38. The molecule has 2 heterocycles. The van der Waals surface area contributed by atoms with Gasteiger partial charge in [0.15, 0.2) is 0 Å². The summed E-state index contributed by atoms with van der Waals surface area (Å²) in [6.45, 7) is 3.27. The second kappa shape index (κ2) is 11.3. The third-order valence-corrected chi connectivity index (χ3v) is 5.79. The number of likely N-dealkylation sites (tertiary alicyclic amines) is 1. The van der Waals surface area contributed by atoms with Crippen LogP contribution in [0.2, 0.25) is 0 Å². The molecule has 1 aliphatic rings. The van der Waals surface area contributed by atoms with Crippen LogP contribution in [0.1, 0.15) is 36.1 Å². The molecule has 1 fully saturated rings. The number of nitrogen functional groups attached to an aromatic ring is 1. The molecule has 1 aliphatic heterocycles. The van der Waals surface area contributed by atoms with Crippen molar-refractivity contribution in [2.45, 2.75) is 31.8 Å². The number of nitrogens with two attached hydrogens (primary N) is 1. The summed E-state index contributed by atoms with van der Waals surface area (Å²) in [6.07, 6.45) is 1.08. The smallest absolute Gasteiger partial charge is 0.311 e. The van der Waals surface area contributed by atoms with Crippen LogP contribution in [0, 0.1) is 10.8 Å². The quantitative estimate of drug-likeness (QED) is 0.276. The summed E-state index contributed by atoms with van der Waals surface area (Å²) >= 11 is 0. The lowest BCUT2D eigenvalue weighted by Crippen LogP contribution is -2.28. The third kappa shape index (κ3) is 6.01. The Balaban J connectivity index is 0.00000204. The van der Waals surface area contributed by atoms with Crippen molar-refractivity contribution >= 4 is 53.4 Å². The Morgan fingerprint density at radius 2 is 1.91 bits per heavy atom. The highest BCUT2D eigenvalue weighted by Gasteiger charge is 2.25. The number of amidine groups is 2. The monoisotopic (exact) mass is 506 g/mol. The Kier molecular flexibility index (Phi) is 8.95. The van der Waals surface area contributed by atoms with Gasteiger partial charge in [0.1, 0.15) is 29.0 Å². The number of carbonyl (C=O) groups is 1. The number of furan rings is 1. The number of rotatable bonds is 7. The van der Waals surface area contributed by atoms with Crippen molar-refractivity contribution in [3.8, 4) is 5.75 Å². The number of hydrogen-bond acceptors (Lipinski definition) is 5. The number of fused-ring (bicyclic) bond motifs is 1. The summed E-state index contributed by atoms with van der Waals surface area (Å²) in [6, 6.07) is 14.2. The van der Waals surface area contributed by atoms with E-state index in [9.17, 15) is 9.90 Å². The minimum Gasteiger partial charge on any atom is -0.489 e. The van der Waals surface area contributed by atoms with Crippen LogP contribution in [0.25, 0.3) is 11.0 Å². The normalized spacial score (nSPS) is 15.8. The molecule has 4 rings (SSSR count). The number of nitrogens with zero attached hydrogens (tertiary/aromatic N) is 1. The van der Waals surface area contributed by atoms with Crippen LogP contribution in [-0.2, 0) is 11.2 Å². The van der Waals surface area contributed by atoms with E-state index >= 15 is 0 Å². The molecule has 1 saturated heterocycles. The molecule has 2 aromatic carbocycles. The number of nitrogens with one attached hydrogen (secondary N) is 2. The molecule has 10 heteroatoms. The Bertz CT molecular complexity index is 1180. The van der Waals surface area contributed by atoms with Crippen molar-refractivity contribution in [2.75, 3.05) is 13.1 Å². The largest absolute Gasteiger partial charge is 0.489 e. The molecule has 5 N–H and O–H groups in total. The summed E-state index contributed by atoms with van der Waals surface area (Å²) in [5.41, 5.74) is 7.33. The van der Waals surface area contributed by atoms with Gasteiger partial charge in [-0.2, -0.15) is 0 Å². The highest BCUT2D eigenvalue weighted by molar-refractivity contribution is 5.98. The molecule has 3 aromatic rings. The highest BCUT2D eigenvalue weighted by Crippen LogP contribution is 2.28. The summed E-state index contributed by atoms with van der Waals surface area (Å²) in [7, 11) is 0. The van der Waals surface area contributed by atoms with E-state index in [2.05, 4.69) is 0 Å². The highest BCUT2D eigenvalue weighted by atomic mass is 35.5. The standard InChI is InChI=1S/C24H26N4O4.2ClH/c1-14(25)28-9-8-19(13-28)31-18-6-4-15(5-7-18)21(24(29)30)12-20-10-16-2-3-17(23(26)27)11-22(16)32-20;;/h2-7,10-11,19,21,25H,8-9,12-13H2,1H3,(H3,26,27)(H,29,30);2*1H/t19-,21?;;/m0../s1. The molecule has 0 spiro atoms. The number of halogens is 2. The fraction of sp³-hybridized carbons (Fsp3) is 0.292. The molecule has 2 atom stereocenters. The minimum atomic E-state index is -0.934. The van der Waals surface area contributed by atoms with E-state index in [1.165, 1.54) is 0 Å². The van der Waals surface area contributed by atoms with Gasteiger partial charge < -0.3 is 24.9 Å². The lowest BCUT2D eigenvalue weighted by atomic mass is 9.94. The summed E-state index contributed by atoms with van der Waals surface area (Å²) in [5.74, 6) is 0.0397. The number of ether oxygens (including phenoxy) is 1. The van der Waals surface area contributed by atoms with Gasteiger partial charge in [-0.15, -0.1) is 24.8 Å².